The third-order valence-electron chi connectivity index (χ3n) is 2.89. The second-order valence-electron chi connectivity index (χ2n) is 4.91. The van der Waals surface area contributed by atoms with Gasteiger partial charge in [-0.15, -0.1) is 0 Å². The van der Waals surface area contributed by atoms with E-state index in [2.05, 4.69) is 10.4 Å². The number of para-hydroxylation sites is 1. The highest BCUT2D eigenvalue weighted by Crippen LogP contribution is 2.34. The van der Waals surface area contributed by atoms with Crippen molar-refractivity contribution >= 4 is 0 Å². The van der Waals surface area contributed by atoms with Crippen molar-refractivity contribution in [2.75, 3.05) is 0 Å². The van der Waals surface area contributed by atoms with Crippen LogP contribution in [0.4, 0.5) is 17.6 Å². The fourth-order valence-electron chi connectivity index (χ4n) is 1.93. The van der Waals surface area contributed by atoms with Gasteiger partial charge >= 0.3 is 6.18 Å². The van der Waals surface area contributed by atoms with Crippen molar-refractivity contribution in [2.45, 2.75) is 32.6 Å². The fraction of sp³-hybridized carbons (Fsp3) is 0.357. The molecule has 1 heterocycles. The van der Waals surface area contributed by atoms with Crippen LogP contribution < -0.4 is 5.32 Å². The maximum absolute atomic E-state index is 13.7. The van der Waals surface area contributed by atoms with E-state index in [1.54, 1.807) is 0 Å². The Labute approximate surface area is 119 Å². The third kappa shape index (κ3) is 3.41. The molecule has 0 fully saturated rings. The normalized spacial score (nSPS) is 12.1. The van der Waals surface area contributed by atoms with Crippen LogP contribution in [0.3, 0.4) is 0 Å². The van der Waals surface area contributed by atoms with Crippen molar-refractivity contribution < 1.29 is 17.6 Å². The first-order valence-corrected chi connectivity index (χ1v) is 6.43. The summed E-state index contributed by atoms with van der Waals surface area (Å²) < 4.78 is 54.1. The molecule has 1 N–H and O–H groups in total. The molecule has 1 aromatic heterocycles. The Balaban J connectivity index is 2.50. The minimum Gasteiger partial charge on any atom is -0.310 e. The van der Waals surface area contributed by atoms with Crippen LogP contribution in [-0.2, 0) is 12.7 Å². The topological polar surface area (TPSA) is 29.9 Å². The van der Waals surface area contributed by atoms with Gasteiger partial charge in [0.25, 0.3) is 0 Å². The first-order valence-electron chi connectivity index (χ1n) is 6.43. The summed E-state index contributed by atoms with van der Waals surface area (Å²) in [6.45, 7) is 3.67. The number of alkyl halides is 3. The standard InChI is InChI=1S/C14H15F4N3/c1-9(2)19-7-10-8-20-21(13(10)14(16,17)18)12-6-4-3-5-11(12)15/h3-6,8-9,19H,7H2,1-2H3. The molecule has 0 unspecified atom stereocenters. The largest absolute Gasteiger partial charge is 0.433 e. The summed E-state index contributed by atoms with van der Waals surface area (Å²) in [4.78, 5) is 0. The van der Waals surface area contributed by atoms with Crippen molar-refractivity contribution in [3.8, 4) is 5.69 Å². The van der Waals surface area contributed by atoms with Crippen molar-refractivity contribution in [3.05, 3.63) is 47.5 Å². The summed E-state index contributed by atoms with van der Waals surface area (Å²) in [6.07, 6.45) is -3.50. The van der Waals surface area contributed by atoms with Crippen molar-refractivity contribution in [1.82, 2.24) is 15.1 Å². The molecule has 2 rings (SSSR count). The third-order valence-corrected chi connectivity index (χ3v) is 2.89. The monoisotopic (exact) mass is 301 g/mol. The number of rotatable bonds is 4. The highest BCUT2D eigenvalue weighted by atomic mass is 19.4. The first kappa shape index (κ1) is 15.5. The van der Waals surface area contributed by atoms with Gasteiger partial charge in [0.2, 0.25) is 0 Å². The van der Waals surface area contributed by atoms with Gasteiger partial charge in [0.1, 0.15) is 11.5 Å². The summed E-state index contributed by atoms with van der Waals surface area (Å²) in [5.74, 6) is -0.755. The summed E-state index contributed by atoms with van der Waals surface area (Å²) in [5.41, 5.74) is -1.19. The molecule has 0 atom stereocenters. The van der Waals surface area contributed by atoms with Gasteiger partial charge in [0.15, 0.2) is 5.69 Å². The van der Waals surface area contributed by atoms with E-state index in [0.717, 1.165) is 12.3 Å². The lowest BCUT2D eigenvalue weighted by molar-refractivity contribution is -0.143. The van der Waals surface area contributed by atoms with Gasteiger partial charge in [-0.1, -0.05) is 26.0 Å². The summed E-state index contributed by atoms with van der Waals surface area (Å²) in [7, 11) is 0. The van der Waals surface area contributed by atoms with E-state index < -0.39 is 17.7 Å². The molecule has 0 spiro atoms. The Morgan fingerprint density at radius 3 is 2.48 bits per heavy atom. The van der Waals surface area contributed by atoms with Crippen LogP contribution >= 0.6 is 0 Å². The van der Waals surface area contributed by atoms with E-state index in [-0.39, 0.29) is 23.8 Å². The van der Waals surface area contributed by atoms with Gasteiger partial charge in [-0.3, -0.25) is 0 Å². The van der Waals surface area contributed by atoms with Gasteiger partial charge in [-0.25, -0.2) is 9.07 Å². The molecule has 0 bridgehead atoms. The highest BCUT2D eigenvalue weighted by Gasteiger charge is 2.38. The minimum absolute atomic E-state index is 0.0144. The molecule has 0 aliphatic carbocycles. The number of benzene rings is 1. The maximum atomic E-state index is 13.7. The Bertz CT molecular complexity index is 617. The lowest BCUT2D eigenvalue weighted by atomic mass is 10.2. The number of nitrogens with zero attached hydrogens (tertiary/aromatic N) is 2. The Kier molecular flexibility index (Phi) is 4.32. The second kappa shape index (κ2) is 5.85. The number of halogens is 4. The van der Waals surface area contributed by atoms with Crippen molar-refractivity contribution in [1.29, 1.82) is 0 Å². The molecule has 21 heavy (non-hydrogen) atoms. The highest BCUT2D eigenvalue weighted by molar-refractivity contribution is 5.37. The minimum atomic E-state index is -4.62. The van der Waals surface area contributed by atoms with Crippen molar-refractivity contribution in [2.24, 2.45) is 0 Å². The zero-order valence-electron chi connectivity index (χ0n) is 11.6. The van der Waals surface area contributed by atoms with E-state index in [4.69, 9.17) is 0 Å². The first-order chi connectivity index (χ1) is 9.80. The van der Waals surface area contributed by atoms with E-state index >= 15 is 0 Å². The molecule has 0 amide bonds. The van der Waals surface area contributed by atoms with Crippen LogP contribution in [0.1, 0.15) is 25.1 Å². The molecule has 0 saturated heterocycles. The van der Waals surface area contributed by atoms with Crippen LogP contribution in [-0.4, -0.2) is 15.8 Å². The Hall–Kier alpha value is -1.89. The van der Waals surface area contributed by atoms with Gasteiger partial charge < -0.3 is 5.32 Å². The summed E-state index contributed by atoms with van der Waals surface area (Å²) in [6, 6.07) is 5.27. The van der Waals surface area contributed by atoms with Crippen molar-refractivity contribution in [3.63, 3.8) is 0 Å². The molecule has 0 saturated carbocycles. The molecule has 114 valence electrons. The number of hydrogen-bond donors (Lipinski definition) is 1. The molecular formula is C14H15F4N3. The molecule has 0 radical (unpaired) electrons. The Morgan fingerprint density at radius 1 is 1.24 bits per heavy atom. The van der Waals surface area contributed by atoms with Crippen LogP contribution in [0.2, 0.25) is 0 Å². The zero-order valence-corrected chi connectivity index (χ0v) is 11.6. The molecule has 3 nitrogen and oxygen atoms in total. The summed E-state index contributed by atoms with van der Waals surface area (Å²) >= 11 is 0. The molecule has 7 heteroatoms. The van der Waals surface area contributed by atoms with E-state index in [0.29, 0.717) is 4.68 Å². The van der Waals surface area contributed by atoms with Crippen LogP contribution in [0, 0.1) is 5.82 Å². The number of nitrogens with one attached hydrogen (secondary N) is 1. The molecule has 0 aliphatic heterocycles. The summed E-state index contributed by atoms with van der Waals surface area (Å²) in [5, 5.41) is 6.61. The predicted octanol–water partition coefficient (Wildman–Crippen LogP) is 3.53. The molecule has 2 aromatic rings. The van der Waals surface area contributed by atoms with Crippen LogP contribution in [0.5, 0.6) is 0 Å². The average molecular weight is 301 g/mol. The second-order valence-corrected chi connectivity index (χ2v) is 4.91. The smallest absolute Gasteiger partial charge is 0.310 e. The van der Waals surface area contributed by atoms with Crippen LogP contribution in [0.15, 0.2) is 30.5 Å². The number of hydrogen-bond acceptors (Lipinski definition) is 2. The molecule has 0 aliphatic rings. The number of aromatic nitrogens is 2. The molecular weight excluding hydrogens is 286 g/mol. The van der Waals surface area contributed by atoms with E-state index in [1.165, 1.54) is 18.2 Å². The Morgan fingerprint density at radius 2 is 1.90 bits per heavy atom. The SMILES string of the molecule is CC(C)NCc1cnn(-c2ccccc2F)c1C(F)(F)F. The molecule has 1 aromatic carbocycles. The zero-order chi connectivity index (χ0) is 15.6. The van der Waals surface area contributed by atoms with Gasteiger partial charge in [0, 0.05) is 18.2 Å². The van der Waals surface area contributed by atoms with Gasteiger partial charge in [-0.2, -0.15) is 18.3 Å². The average Bonchev–Trinajstić information content (AvgIpc) is 2.80. The fourth-order valence-corrected chi connectivity index (χ4v) is 1.93. The van der Waals surface area contributed by atoms with E-state index in [1.807, 2.05) is 13.8 Å². The quantitative estimate of drug-likeness (QED) is 0.876. The van der Waals surface area contributed by atoms with Gasteiger partial charge in [0.05, 0.1) is 6.20 Å². The van der Waals surface area contributed by atoms with Crippen LogP contribution in [0.25, 0.3) is 5.69 Å². The maximum Gasteiger partial charge on any atom is 0.433 e. The predicted molar refractivity (Wildman–Crippen MR) is 70.5 cm³/mol. The van der Waals surface area contributed by atoms with E-state index in [9.17, 15) is 17.6 Å². The lowest BCUT2D eigenvalue weighted by Crippen LogP contribution is -2.24. The lowest BCUT2D eigenvalue weighted by Gasteiger charge is -2.14. The van der Waals surface area contributed by atoms with Gasteiger partial charge in [-0.05, 0) is 12.1 Å².